The maximum absolute atomic E-state index is 14.2. The molecule has 0 spiro atoms. The van der Waals surface area contributed by atoms with Crippen LogP contribution in [0.3, 0.4) is 0 Å². The summed E-state index contributed by atoms with van der Waals surface area (Å²) < 4.78 is 14.2. The van der Waals surface area contributed by atoms with E-state index in [1.807, 2.05) is 19.2 Å². The molecule has 4 rings (SSSR count). The summed E-state index contributed by atoms with van der Waals surface area (Å²) in [5, 5.41) is 11.4. The number of thiophene rings is 1. The monoisotopic (exact) mass is 528 g/mol. The lowest BCUT2D eigenvalue weighted by Gasteiger charge is -2.33. The molecule has 1 saturated carbocycles. The van der Waals surface area contributed by atoms with Crippen molar-refractivity contribution in [3.63, 3.8) is 0 Å². The second kappa shape index (κ2) is 10.2. The highest BCUT2D eigenvalue weighted by Gasteiger charge is 2.45. The van der Waals surface area contributed by atoms with E-state index in [2.05, 4.69) is 37.4 Å². The third kappa shape index (κ3) is 5.70. The van der Waals surface area contributed by atoms with Crippen molar-refractivity contribution in [3.05, 3.63) is 58.0 Å². The Hall–Kier alpha value is -1.19. The second-order valence-corrected chi connectivity index (χ2v) is 8.79. The average Bonchev–Trinajstić information content (AvgIpc) is 3.33. The van der Waals surface area contributed by atoms with E-state index in [1.165, 1.54) is 5.56 Å². The molecule has 2 N–H and O–H groups in total. The van der Waals surface area contributed by atoms with Crippen LogP contribution in [-0.4, -0.2) is 43.6 Å². The van der Waals surface area contributed by atoms with Gasteiger partial charge in [0.25, 0.3) is 0 Å². The third-order valence-electron chi connectivity index (χ3n) is 6.03. The average molecular weight is 528 g/mol. The van der Waals surface area contributed by atoms with Gasteiger partial charge in [-0.1, -0.05) is 18.2 Å². The van der Waals surface area contributed by atoms with Crippen LogP contribution in [0.25, 0.3) is 0 Å². The predicted molar refractivity (Wildman–Crippen MR) is 130 cm³/mol. The van der Waals surface area contributed by atoms with Crippen LogP contribution in [0, 0.1) is 5.82 Å². The van der Waals surface area contributed by atoms with Crippen molar-refractivity contribution in [2.75, 3.05) is 26.7 Å². The van der Waals surface area contributed by atoms with Crippen molar-refractivity contribution in [2.24, 2.45) is 4.99 Å². The predicted octanol–water partition coefficient (Wildman–Crippen LogP) is 4.37. The van der Waals surface area contributed by atoms with Gasteiger partial charge in [0.05, 0.1) is 0 Å². The highest BCUT2D eigenvalue weighted by Crippen LogP contribution is 2.48. The molecule has 2 heterocycles. The van der Waals surface area contributed by atoms with Gasteiger partial charge in [-0.2, -0.15) is 11.3 Å². The lowest BCUT2D eigenvalue weighted by atomic mass is 9.95. The fourth-order valence-corrected chi connectivity index (χ4v) is 4.76. The van der Waals surface area contributed by atoms with Crippen LogP contribution in [0.15, 0.2) is 46.1 Å². The Balaban J connectivity index is 0.00000240. The fraction of sp³-hybridized carbons (Fsp3) is 0.500. The topological polar surface area (TPSA) is 39.7 Å². The van der Waals surface area contributed by atoms with E-state index in [4.69, 9.17) is 0 Å². The van der Waals surface area contributed by atoms with Crippen LogP contribution in [0.4, 0.5) is 4.39 Å². The van der Waals surface area contributed by atoms with Crippen molar-refractivity contribution in [3.8, 4) is 0 Å². The van der Waals surface area contributed by atoms with E-state index in [1.54, 1.807) is 23.5 Å². The van der Waals surface area contributed by atoms with E-state index in [0.717, 1.165) is 63.4 Å². The number of hydrogen-bond acceptors (Lipinski definition) is 3. The molecule has 0 atom stereocenters. The van der Waals surface area contributed by atoms with Crippen LogP contribution in [-0.2, 0) is 12.0 Å². The standard InChI is InChI=1S/C22H29FN4S.HI/c1-24-21(25-16-22(9-10-22)19-4-2-3-5-20(19)23)26-18-6-11-27(12-7-18)14-17-8-13-28-15-17;/h2-5,8,13,15,18H,6-7,9-12,14,16H2,1H3,(H2,24,25,26);1H. The molecule has 0 amide bonds. The summed E-state index contributed by atoms with van der Waals surface area (Å²) in [5.41, 5.74) is 2.17. The largest absolute Gasteiger partial charge is 0.356 e. The van der Waals surface area contributed by atoms with Crippen LogP contribution in [0.1, 0.15) is 36.8 Å². The number of aliphatic imine (C=N–C) groups is 1. The number of likely N-dealkylation sites (tertiary alicyclic amines) is 1. The van der Waals surface area contributed by atoms with Crippen LogP contribution in [0.5, 0.6) is 0 Å². The van der Waals surface area contributed by atoms with Gasteiger partial charge in [-0.25, -0.2) is 4.39 Å². The minimum Gasteiger partial charge on any atom is -0.356 e. The Kier molecular flexibility index (Phi) is 7.92. The van der Waals surface area contributed by atoms with E-state index in [0.29, 0.717) is 6.04 Å². The molecule has 7 heteroatoms. The lowest BCUT2D eigenvalue weighted by Crippen LogP contribution is -2.49. The van der Waals surface area contributed by atoms with Crippen LogP contribution >= 0.6 is 35.3 Å². The van der Waals surface area contributed by atoms with Gasteiger partial charge in [0.2, 0.25) is 0 Å². The molecule has 1 aliphatic carbocycles. The molecule has 1 aliphatic heterocycles. The Labute approximate surface area is 194 Å². The molecule has 1 aromatic carbocycles. The summed E-state index contributed by atoms with van der Waals surface area (Å²) in [6.45, 7) is 3.98. The number of guanidine groups is 1. The third-order valence-corrected chi connectivity index (χ3v) is 6.76. The highest BCUT2D eigenvalue weighted by molar-refractivity contribution is 14.0. The number of rotatable bonds is 6. The molecule has 1 aromatic heterocycles. The van der Waals surface area contributed by atoms with Gasteiger partial charge in [0, 0.05) is 44.7 Å². The smallest absolute Gasteiger partial charge is 0.191 e. The van der Waals surface area contributed by atoms with Gasteiger partial charge in [0.15, 0.2) is 5.96 Å². The number of halogens is 2. The number of nitrogens with one attached hydrogen (secondary N) is 2. The molecule has 158 valence electrons. The Morgan fingerprint density at radius 2 is 2.00 bits per heavy atom. The first-order chi connectivity index (χ1) is 13.7. The Bertz CT molecular complexity index is 799. The van der Waals surface area contributed by atoms with E-state index >= 15 is 0 Å². The number of piperidine rings is 1. The molecule has 1 saturated heterocycles. The minimum atomic E-state index is -0.0947. The summed E-state index contributed by atoms with van der Waals surface area (Å²) in [6, 6.07) is 9.82. The summed E-state index contributed by atoms with van der Waals surface area (Å²) in [4.78, 5) is 6.92. The van der Waals surface area contributed by atoms with Gasteiger partial charge < -0.3 is 10.6 Å². The molecule has 29 heavy (non-hydrogen) atoms. The molecule has 0 radical (unpaired) electrons. The van der Waals surface area contributed by atoms with Gasteiger partial charge in [-0.05, 0) is 59.7 Å². The lowest BCUT2D eigenvalue weighted by molar-refractivity contribution is 0.198. The zero-order chi connectivity index (χ0) is 19.4. The highest BCUT2D eigenvalue weighted by atomic mass is 127. The first-order valence-corrected chi connectivity index (χ1v) is 11.1. The fourth-order valence-electron chi connectivity index (χ4n) is 4.10. The van der Waals surface area contributed by atoms with Gasteiger partial charge in [-0.15, -0.1) is 24.0 Å². The van der Waals surface area contributed by atoms with Crippen LogP contribution in [0.2, 0.25) is 0 Å². The molecule has 2 aliphatic rings. The van der Waals surface area contributed by atoms with Crippen molar-refractivity contribution in [1.82, 2.24) is 15.5 Å². The summed E-state index contributed by atoms with van der Waals surface area (Å²) in [5.74, 6) is 0.738. The molecule has 2 aromatic rings. The molecule has 2 fully saturated rings. The number of nitrogens with zero attached hydrogens (tertiary/aromatic N) is 2. The van der Waals surface area contributed by atoms with Crippen molar-refractivity contribution < 1.29 is 4.39 Å². The van der Waals surface area contributed by atoms with Gasteiger partial charge in [0.1, 0.15) is 5.82 Å². The van der Waals surface area contributed by atoms with Crippen molar-refractivity contribution in [1.29, 1.82) is 0 Å². The molecular weight excluding hydrogens is 498 g/mol. The Morgan fingerprint density at radius 3 is 2.62 bits per heavy atom. The zero-order valence-electron chi connectivity index (χ0n) is 16.9. The molecule has 4 nitrogen and oxygen atoms in total. The first kappa shape index (κ1) is 22.5. The molecule has 0 unspecified atom stereocenters. The van der Waals surface area contributed by atoms with E-state index in [9.17, 15) is 4.39 Å². The first-order valence-electron chi connectivity index (χ1n) is 10.1. The normalized spacial score (nSPS) is 19.4. The molecular formula is C22H30FIN4S. The Morgan fingerprint density at radius 1 is 1.24 bits per heavy atom. The van der Waals surface area contributed by atoms with Crippen molar-refractivity contribution >= 4 is 41.3 Å². The SMILES string of the molecule is CN=C(NCC1(c2ccccc2F)CC1)NC1CCN(Cc2ccsc2)CC1.I. The van der Waals surface area contributed by atoms with Crippen molar-refractivity contribution in [2.45, 2.75) is 43.7 Å². The maximum Gasteiger partial charge on any atom is 0.191 e. The molecule has 0 bridgehead atoms. The maximum atomic E-state index is 14.2. The quantitative estimate of drug-likeness (QED) is 0.333. The number of benzene rings is 1. The van der Waals surface area contributed by atoms with Crippen LogP contribution < -0.4 is 10.6 Å². The zero-order valence-corrected chi connectivity index (χ0v) is 20.0. The summed E-state index contributed by atoms with van der Waals surface area (Å²) in [6.07, 6.45) is 4.28. The summed E-state index contributed by atoms with van der Waals surface area (Å²) >= 11 is 1.77. The van der Waals surface area contributed by atoms with Gasteiger partial charge >= 0.3 is 0 Å². The van der Waals surface area contributed by atoms with E-state index in [-0.39, 0.29) is 35.2 Å². The van der Waals surface area contributed by atoms with E-state index < -0.39 is 0 Å². The minimum absolute atomic E-state index is 0. The van der Waals surface area contributed by atoms with Gasteiger partial charge in [-0.3, -0.25) is 9.89 Å². The summed E-state index contributed by atoms with van der Waals surface area (Å²) in [7, 11) is 1.81. The second-order valence-electron chi connectivity index (χ2n) is 8.01. The number of hydrogen-bond donors (Lipinski definition) is 2.